The average molecular weight is 323 g/mol. The fourth-order valence-corrected chi connectivity index (χ4v) is 3.34. The van der Waals surface area contributed by atoms with Crippen LogP contribution in [0.25, 0.3) is 27.0 Å². The largest absolute Gasteiger partial charge is 0.274 e. The monoisotopic (exact) mass is 323 g/mol. The lowest BCUT2D eigenvalue weighted by atomic mass is 10.1. The van der Waals surface area contributed by atoms with Crippen LogP contribution in [0.15, 0.2) is 65.7 Å². The van der Waals surface area contributed by atoms with Gasteiger partial charge in [0.25, 0.3) is 5.56 Å². The fourth-order valence-electron chi connectivity index (χ4n) is 2.38. The molecule has 112 valence electrons. The summed E-state index contributed by atoms with van der Waals surface area (Å²) >= 11 is 1.35. The summed E-state index contributed by atoms with van der Waals surface area (Å²) in [7, 11) is 0. The zero-order valence-electron chi connectivity index (χ0n) is 11.8. The summed E-state index contributed by atoms with van der Waals surface area (Å²) < 4.78 is 15.4. The van der Waals surface area contributed by atoms with Crippen molar-refractivity contribution in [2.75, 3.05) is 0 Å². The minimum atomic E-state index is -0.524. The summed E-state index contributed by atoms with van der Waals surface area (Å²) in [6.45, 7) is 0. The lowest BCUT2D eigenvalue weighted by Gasteiger charge is -2.04. The predicted octanol–water partition coefficient (Wildman–Crippen LogP) is 3.65. The molecule has 0 aliphatic carbocycles. The van der Waals surface area contributed by atoms with Crippen LogP contribution in [0.4, 0.5) is 4.39 Å². The van der Waals surface area contributed by atoms with Crippen LogP contribution < -0.4 is 5.56 Å². The average Bonchev–Trinajstić information content (AvgIpc) is 2.93. The van der Waals surface area contributed by atoms with Crippen molar-refractivity contribution in [2.24, 2.45) is 0 Å². The molecule has 0 aliphatic rings. The molecule has 0 bridgehead atoms. The van der Waals surface area contributed by atoms with Crippen molar-refractivity contribution in [1.82, 2.24) is 13.9 Å². The van der Waals surface area contributed by atoms with Gasteiger partial charge in [0.1, 0.15) is 5.82 Å². The number of hydrogen-bond acceptors (Lipinski definition) is 4. The van der Waals surface area contributed by atoms with E-state index in [4.69, 9.17) is 0 Å². The third kappa shape index (κ3) is 2.43. The number of hydrogen-bond donors (Lipinski definition) is 0. The van der Waals surface area contributed by atoms with Crippen molar-refractivity contribution in [2.45, 2.75) is 0 Å². The van der Waals surface area contributed by atoms with Gasteiger partial charge >= 0.3 is 0 Å². The van der Waals surface area contributed by atoms with Crippen LogP contribution in [0, 0.1) is 5.95 Å². The molecule has 0 N–H and O–H groups in total. The van der Waals surface area contributed by atoms with Gasteiger partial charge in [-0.3, -0.25) is 4.79 Å². The maximum atomic E-state index is 13.0. The molecule has 0 fully saturated rings. The quantitative estimate of drug-likeness (QED) is 0.529. The van der Waals surface area contributed by atoms with Gasteiger partial charge < -0.3 is 0 Å². The molecule has 1 aromatic carbocycles. The second-order valence-electron chi connectivity index (χ2n) is 4.96. The van der Waals surface area contributed by atoms with E-state index >= 15 is 0 Å². The molecule has 4 nitrogen and oxygen atoms in total. The number of aromatic nitrogens is 3. The topological polar surface area (TPSA) is 47.8 Å². The van der Waals surface area contributed by atoms with E-state index in [0.717, 1.165) is 15.8 Å². The molecule has 0 unspecified atom stereocenters. The Labute approximate surface area is 134 Å². The molecule has 4 rings (SSSR count). The van der Waals surface area contributed by atoms with E-state index in [1.165, 1.54) is 23.8 Å². The van der Waals surface area contributed by atoms with E-state index < -0.39 is 5.95 Å². The smallest absolute Gasteiger partial charge is 0.267 e. The van der Waals surface area contributed by atoms with Gasteiger partial charge in [0.15, 0.2) is 0 Å². The Bertz CT molecular complexity index is 1050. The van der Waals surface area contributed by atoms with E-state index in [2.05, 4.69) is 9.97 Å². The van der Waals surface area contributed by atoms with E-state index in [9.17, 15) is 9.18 Å². The van der Waals surface area contributed by atoms with Crippen molar-refractivity contribution < 1.29 is 4.39 Å². The number of nitrogens with zero attached hydrogens (tertiary/aromatic N) is 3. The molecule has 3 aromatic heterocycles. The first-order valence-electron chi connectivity index (χ1n) is 6.92. The first kappa shape index (κ1) is 13.8. The van der Waals surface area contributed by atoms with Crippen LogP contribution in [0.3, 0.4) is 0 Å². The number of halogens is 1. The normalized spacial score (nSPS) is 11.0. The van der Waals surface area contributed by atoms with E-state index in [-0.39, 0.29) is 5.56 Å². The highest BCUT2D eigenvalue weighted by molar-refractivity contribution is 7.14. The minimum absolute atomic E-state index is 0.0903. The summed E-state index contributed by atoms with van der Waals surface area (Å²) in [6.07, 6.45) is 3.09. The lowest BCUT2D eigenvalue weighted by molar-refractivity contribution is 0.584. The maximum Gasteiger partial charge on any atom is 0.274 e. The molecular weight excluding hydrogens is 313 g/mol. The van der Waals surface area contributed by atoms with Crippen LogP contribution in [0.1, 0.15) is 0 Å². The first-order valence-corrected chi connectivity index (χ1v) is 7.69. The van der Waals surface area contributed by atoms with E-state index in [0.29, 0.717) is 11.2 Å². The van der Waals surface area contributed by atoms with E-state index in [1.54, 1.807) is 34.4 Å². The molecule has 3 heterocycles. The Balaban J connectivity index is 1.86. The zero-order valence-corrected chi connectivity index (χ0v) is 12.6. The number of rotatable bonds is 2. The Kier molecular flexibility index (Phi) is 3.24. The molecule has 0 saturated carbocycles. The van der Waals surface area contributed by atoms with Crippen LogP contribution in [-0.4, -0.2) is 13.9 Å². The summed E-state index contributed by atoms with van der Waals surface area (Å²) in [6, 6.07) is 14.0. The van der Waals surface area contributed by atoms with Gasteiger partial charge in [-0.2, -0.15) is 4.39 Å². The van der Waals surface area contributed by atoms with Crippen LogP contribution >= 0.6 is 11.5 Å². The zero-order chi connectivity index (χ0) is 15.8. The maximum absolute atomic E-state index is 13.0. The Morgan fingerprint density at radius 2 is 1.87 bits per heavy atom. The summed E-state index contributed by atoms with van der Waals surface area (Å²) in [5.74, 6) is 0.0155. The van der Waals surface area contributed by atoms with Crippen LogP contribution in [0.2, 0.25) is 0 Å². The third-order valence-electron chi connectivity index (χ3n) is 3.51. The van der Waals surface area contributed by atoms with Gasteiger partial charge in [-0.25, -0.2) is 13.9 Å². The number of benzene rings is 1. The number of pyridine rings is 2. The summed E-state index contributed by atoms with van der Waals surface area (Å²) in [5.41, 5.74) is 1.50. The van der Waals surface area contributed by atoms with Crippen LogP contribution in [0.5, 0.6) is 0 Å². The first-order chi connectivity index (χ1) is 11.2. The molecule has 0 radical (unpaired) electrons. The van der Waals surface area contributed by atoms with Gasteiger partial charge in [-0.05, 0) is 53.5 Å². The minimum Gasteiger partial charge on any atom is -0.267 e. The highest BCUT2D eigenvalue weighted by Gasteiger charge is 2.10. The Morgan fingerprint density at radius 3 is 2.65 bits per heavy atom. The fraction of sp³-hybridized carbons (Fsp3) is 0. The van der Waals surface area contributed by atoms with Crippen molar-refractivity contribution in [3.05, 3.63) is 77.2 Å². The Hall–Kier alpha value is -2.86. The Morgan fingerprint density at radius 1 is 1.00 bits per heavy atom. The van der Waals surface area contributed by atoms with Gasteiger partial charge in [0, 0.05) is 18.0 Å². The molecule has 0 atom stereocenters. The molecule has 0 spiro atoms. The van der Waals surface area contributed by atoms with Crippen molar-refractivity contribution in [3.8, 4) is 16.9 Å². The van der Waals surface area contributed by atoms with E-state index in [1.807, 2.05) is 18.2 Å². The second-order valence-corrected chi connectivity index (χ2v) is 5.95. The van der Waals surface area contributed by atoms with Crippen LogP contribution in [-0.2, 0) is 0 Å². The molecule has 0 saturated heterocycles. The molecule has 4 aromatic rings. The summed E-state index contributed by atoms with van der Waals surface area (Å²) in [5, 5.41) is 0.674. The van der Waals surface area contributed by atoms with Gasteiger partial charge in [0.2, 0.25) is 5.95 Å². The second kappa shape index (κ2) is 5.40. The highest BCUT2D eigenvalue weighted by atomic mass is 32.1. The SMILES string of the molecule is O=c1c2ccccc2sn1-c1cc(-c2ccc(F)nc2)ccn1. The molecule has 23 heavy (non-hydrogen) atoms. The highest BCUT2D eigenvalue weighted by Crippen LogP contribution is 2.23. The van der Waals surface area contributed by atoms with Gasteiger partial charge in [0.05, 0.1) is 10.1 Å². The molecule has 0 aliphatic heterocycles. The van der Waals surface area contributed by atoms with Gasteiger partial charge in [-0.15, -0.1) is 0 Å². The predicted molar refractivity (Wildman–Crippen MR) is 88.4 cm³/mol. The standard InChI is InChI=1S/C17H10FN3OS/c18-15-6-5-12(10-20-15)11-7-8-19-16(9-11)21-17(22)13-3-1-2-4-14(13)23-21/h1-10H. The van der Waals surface area contributed by atoms with Crippen molar-refractivity contribution in [3.63, 3.8) is 0 Å². The van der Waals surface area contributed by atoms with Gasteiger partial charge in [-0.1, -0.05) is 12.1 Å². The molecule has 0 amide bonds. The molecular formula is C17H10FN3OS. The third-order valence-corrected chi connectivity index (χ3v) is 4.59. The molecule has 6 heteroatoms. The van der Waals surface area contributed by atoms with Crippen molar-refractivity contribution >= 4 is 21.6 Å². The summed E-state index contributed by atoms with van der Waals surface area (Å²) in [4.78, 5) is 20.4. The van der Waals surface area contributed by atoms with Crippen molar-refractivity contribution in [1.29, 1.82) is 0 Å². The number of fused-ring (bicyclic) bond motifs is 1. The lowest BCUT2D eigenvalue weighted by Crippen LogP contribution is -2.11.